The summed E-state index contributed by atoms with van der Waals surface area (Å²) < 4.78 is 59.4. The highest BCUT2D eigenvalue weighted by Crippen LogP contribution is 2.38. The standard InChI is InChI=1S/C8H9F5O2/c1-2-5(14)3-6(15)4-7(9,10)8(11,12)13/h2-4H2,1H3. The van der Waals surface area contributed by atoms with E-state index in [1.807, 2.05) is 0 Å². The SMILES string of the molecule is CCC(=O)CC(=O)CC(F)(F)C(F)(F)F. The average molecular weight is 232 g/mol. The fourth-order valence-corrected chi connectivity index (χ4v) is 0.755. The molecule has 0 saturated carbocycles. The molecule has 0 fully saturated rings. The van der Waals surface area contributed by atoms with Gasteiger partial charge in [0.05, 0.1) is 12.8 Å². The number of carbonyl (C=O) groups is 2. The second kappa shape index (κ2) is 4.67. The summed E-state index contributed by atoms with van der Waals surface area (Å²) in [5.74, 6) is -7.11. The second-order valence-corrected chi connectivity index (χ2v) is 2.99. The van der Waals surface area contributed by atoms with E-state index >= 15 is 0 Å². The highest BCUT2D eigenvalue weighted by Gasteiger charge is 2.58. The summed E-state index contributed by atoms with van der Waals surface area (Å²) in [5.41, 5.74) is 0. The molecule has 0 aliphatic carbocycles. The largest absolute Gasteiger partial charge is 0.453 e. The molecule has 7 heteroatoms. The molecule has 0 bridgehead atoms. The van der Waals surface area contributed by atoms with Gasteiger partial charge in [0.25, 0.3) is 0 Å². The molecule has 0 atom stereocenters. The normalized spacial score (nSPS) is 12.7. The van der Waals surface area contributed by atoms with Crippen LogP contribution in [0.2, 0.25) is 0 Å². The minimum absolute atomic E-state index is 0.0661. The number of carbonyl (C=O) groups excluding carboxylic acids is 2. The van der Waals surface area contributed by atoms with Gasteiger partial charge in [-0.2, -0.15) is 22.0 Å². The number of hydrogen-bond acceptors (Lipinski definition) is 2. The minimum Gasteiger partial charge on any atom is -0.299 e. The maximum absolute atomic E-state index is 12.3. The second-order valence-electron chi connectivity index (χ2n) is 2.99. The molecule has 0 aliphatic rings. The quantitative estimate of drug-likeness (QED) is 0.539. The lowest BCUT2D eigenvalue weighted by Gasteiger charge is -2.18. The number of halogens is 5. The summed E-state index contributed by atoms with van der Waals surface area (Å²) in [4.78, 5) is 21.3. The molecule has 0 amide bonds. The van der Waals surface area contributed by atoms with Crippen molar-refractivity contribution in [1.29, 1.82) is 0 Å². The molecule has 15 heavy (non-hydrogen) atoms. The number of ketones is 2. The van der Waals surface area contributed by atoms with Crippen LogP contribution in [-0.2, 0) is 9.59 Å². The monoisotopic (exact) mass is 232 g/mol. The molecule has 0 rings (SSSR count). The third-order valence-electron chi connectivity index (χ3n) is 1.62. The number of rotatable bonds is 5. The predicted molar refractivity (Wildman–Crippen MR) is 40.5 cm³/mol. The first-order valence-electron chi connectivity index (χ1n) is 4.08. The molecule has 0 saturated heterocycles. The van der Waals surface area contributed by atoms with Crippen molar-refractivity contribution in [3.05, 3.63) is 0 Å². The van der Waals surface area contributed by atoms with E-state index < -0.39 is 36.5 Å². The zero-order chi connectivity index (χ0) is 12.3. The van der Waals surface area contributed by atoms with Crippen molar-refractivity contribution in [2.75, 3.05) is 0 Å². The lowest BCUT2D eigenvalue weighted by molar-refractivity contribution is -0.281. The maximum Gasteiger partial charge on any atom is 0.453 e. The molecule has 2 nitrogen and oxygen atoms in total. The van der Waals surface area contributed by atoms with Crippen molar-refractivity contribution in [2.24, 2.45) is 0 Å². The summed E-state index contributed by atoms with van der Waals surface area (Å²) in [6.07, 6.45) is -8.66. The molecule has 0 spiro atoms. The Hall–Kier alpha value is -1.01. The molecule has 0 N–H and O–H groups in total. The maximum atomic E-state index is 12.3. The molecule has 0 radical (unpaired) electrons. The molecular weight excluding hydrogens is 223 g/mol. The van der Waals surface area contributed by atoms with E-state index in [2.05, 4.69) is 0 Å². The Morgan fingerprint density at radius 2 is 1.47 bits per heavy atom. The van der Waals surface area contributed by atoms with E-state index in [1.165, 1.54) is 6.92 Å². The first-order chi connectivity index (χ1) is 6.60. The highest BCUT2D eigenvalue weighted by atomic mass is 19.4. The molecular formula is C8H9F5O2. The minimum atomic E-state index is -5.75. The number of hydrogen-bond donors (Lipinski definition) is 0. The van der Waals surface area contributed by atoms with E-state index in [9.17, 15) is 31.5 Å². The molecule has 0 aromatic rings. The van der Waals surface area contributed by atoms with Gasteiger partial charge in [0.2, 0.25) is 0 Å². The van der Waals surface area contributed by atoms with Crippen LogP contribution in [-0.4, -0.2) is 23.7 Å². The van der Waals surface area contributed by atoms with Crippen LogP contribution in [0, 0.1) is 0 Å². The van der Waals surface area contributed by atoms with Gasteiger partial charge >= 0.3 is 12.1 Å². The van der Waals surface area contributed by atoms with E-state index in [-0.39, 0.29) is 6.42 Å². The van der Waals surface area contributed by atoms with Gasteiger partial charge in [-0.3, -0.25) is 9.59 Å². The third kappa shape index (κ3) is 4.35. The van der Waals surface area contributed by atoms with Crippen LogP contribution >= 0.6 is 0 Å². The van der Waals surface area contributed by atoms with Crippen molar-refractivity contribution < 1.29 is 31.5 Å². The van der Waals surface area contributed by atoms with Crippen molar-refractivity contribution >= 4 is 11.6 Å². The van der Waals surface area contributed by atoms with E-state index in [0.717, 1.165) is 0 Å². The molecule has 0 aliphatic heterocycles. The Balaban J connectivity index is 4.35. The van der Waals surface area contributed by atoms with Crippen LogP contribution < -0.4 is 0 Å². The van der Waals surface area contributed by atoms with Crippen molar-refractivity contribution in [3.8, 4) is 0 Å². The molecule has 0 unspecified atom stereocenters. The first kappa shape index (κ1) is 14.0. The van der Waals surface area contributed by atoms with Crippen LogP contribution in [0.25, 0.3) is 0 Å². The number of alkyl halides is 5. The van der Waals surface area contributed by atoms with Gasteiger partial charge in [-0.05, 0) is 0 Å². The smallest absolute Gasteiger partial charge is 0.299 e. The van der Waals surface area contributed by atoms with Crippen molar-refractivity contribution in [3.63, 3.8) is 0 Å². The van der Waals surface area contributed by atoms with E-state index in [4.69, 9.17) is 0 Å². The van der Waals surface area contributed by atoms with Gasteiger partial charge < -0.3 is 0 Å². The molecule has 0 aromatic heterocycles. The van der Waals surface area contributed by atoms with Crippen LogP contribution in [0.1, 0.15) is 26.2 Å². The van der Waals surface area contributed by atoms with Gasteiger partial charge in [-0.15, -0.1) is 0 Å². The van der Waals surface area contributed by atoms with Crippen LogP contribution in [0.15, 0.2) is 0 Å². The zero-order valence-electron chi connectivity index (χ0n) is 7.83. The highest BCUT2D eigenvalue weighted by molar-refractivity contribution is 5.99. The molecule has 0 aromatic carbocycles. The Bertz CT molecular complexity index is 256. The van der Waals surface area contributed by atoms with Crippen LogP contribution in [0.4, 0.5) is 22.0 Å². The van der Waals surface area contributed by atoms with Gasteiger partial charge in [-0.25, -0.2) is 0 Å². The lowest BCUT2D eigenvalue weighted by atomic mass is 10.1. The predicted octanol–water partition coefficient (Wildman–Crippen LogP) is 2.51. The van der Waals surface area contributed by atoms with Crippen molar-refractivity contribution in [2.45, 2.75) is 38.3 Å². The zero-order valence-corrected chi connectivity index (χ0v) is 7.83. The summed E-state index contributed by atoms with van der Waals surface area (Å²) >= 11 is 0. The Labute approximate surface area is 82.4 Å². The first-order valence-corrected chi connectivity index (χ1v) is 4.08. The Morgan fingerprint density at radius 3 is 1.80 bits per heavy atom. The van der Waals surface area contributed by atoms with Gasteiger partial charge in [0.15, 0.2) is 0 Å². The summed E-state index contributed by atoms with van der Waals surface area (Å²) in [6.45, 7) is 1.39. The third-order valence-corrected chi connectivity index (χ3v) is 1.62. The summed E-state index contributed by atoms with van der Waals surface area (Å²) in [5, 5.41) is 0. The summed E-state index contributed by atoms with van der Waals surface area (Å²) in [7, 11) is 0. The van der Waals surface area contributed by atoms with Crippen LogP contribution in [0.3, 0.4) is 0 Å². The molecule has 0 heterocycles. The average Bonchev–Trinajstić information content (AvgIpc) is 2.00. The van der Waals surface area contributed by atoms with Gasteiger partial charge in [-0.1, -0.05) is 6.92 Å². The Morgan fingerprint density at radius 1 is 1.00 bits per heavy atom. The summed E-state index contributed by atoms with van der Waals surface area (Å²) in [6, 6.07) is 0. The lowest BCUT2D eigenvalue weighted by Crippen LogP contribution is -2.38. The molecule has 88 valence electrons. The van der Waals surface area contributed by atoms with Crippen molar-refractivity contribution in [1.82, 2.24) is 0 Å². The van der Waals surface area contributed by atoms with Crippen LogP contribution in [0.5, 0.6) is 0 Å². The van der Waals surface area contributed by atoms with Gasteiger partial charge in [0, 0.05) is 6.42 Å². The fraction of sp³-hybridized carbons (Fsp3) is 0.750. The fourth-order valence-electron chi connectivity index (χ4n) is 0.755. The topological polar surface area (TPSA) is 34.1 Å². The number of Topliss-reactive ketones (excluding diaryl/α,β-unsaturated/α-hetero) is 2. The van der Waals surface area contributed by atoms with E-state index in [0.29, 0.717) is 0 Å². The Kier molecular flexibility index (Phi) is 4.36. The van der Waals surface area contributed by atoms with Gasteiger partial charge in [0.1, 0.15) is 11.6 Å². The van der Waals surface area contributed by atoms with E-state index in [1.54, 1.807) is 0 Å².